The number of aromatic nitrogens is 6. The lowest BCUT2D eigenvalue weighted by atomic mass is 9.66. The number of nitrogens with one attached hydrogen (secondary N) is 2. The summed E-state index contributed by atoms with van der Waals surface area (Å²) in [5.41, 5.74) is 2.99. The predicted octanol–water partition coefficient (Wildman–Crippen LogP) is 2.34. The zero-order valence-corrected chi connectivity index (χ0v) is 17.9. The average molecular weight is 420 g/mol. The summed E-state index contributed by atoms with van der Waals surface area (Å²) >= 11 is 0. The monoisotopic (exact) mass is 420 g/mol. The van der Waals surface area contributed by atoms with E-state index in [4.69, 9.17) is 4.74 Å². The van der Waals surface area contributed by atoms with Gasteiger partial charge in [-0.3, -0.25) is 4.79 Å². The fraction of sp³-hybridized carbons (Fsp3) is 0.381. The predicted molar refractivity (Wildman–Crippen MR) is 116 cm³/mol. The molecule has 1 saturated carbocycles. The van der Waals surface area contributed by atoms with Crippen LogP contribution in [0.3, 0.4) is 0 Å². The quantitative estimate of drug-likeness (QED) is 0.509. The maximum absolute atomic E-state index is 12.4. The molecule has 4 aromatic heterocycles. The van der Waals surface area contributed by atoms with Crippen LogP contribution in [0.15, 0.2) is 30.9 Å². The van der Waals surface area contributed by atoms with Crippen LogP contribution in [0.2, 0.25) is 0 Å². The molecule has 1 amide bonds. The number of ether oxygens (including phenoxy) is 1. The number of hydrogen-bond donors (Lipinski definition) is 2. The first-order valence-electron chi connectivity index (χ1n) is 10.1. The van der Waals surface area contributed by atoms with Crippen LogP contribution in [0.1, 0.15) is 19.8 Å². The van der Waals surface area contributed by atoms with Crippen LogP contribution in [0.25, 0.3) is 27.8 Å². The van der Waals surface area contributed by atoms with Crippen molar-refractivity contribution < 1.29 is 9.53 Å². The van der Waals surface area contributed by atoms with Crippen molar-refractivity contribution in [3.05, 3.63) is 30.9 Å². The number of methoxy groups -OCH3 is 1. The normalized spacial score (nSPS) is 20.6. The molecule has 2 N–H and O–H groups in total. The van der Waals surface area contributed by atoms with E-state index in [0.717, 1.165) is 35.0 Å². The van der Waals surface area contributed by atoms with E-state index in [1.807, 2.05) is 31.5 Å². The number of nitrogens with zero attached hydrogens (tertiary/aromatic N) is 6. The summed E-state index contributed by atoms with van der Waals surface area (Å²) in [6.07, 6.45) is 6.75. The van der Waals surface area contributed by atoms with Gasteiger partial charge in [-0.2, -0.15) is 15.1 Å². The van der Waals surface area contributed by atoms with Gasteiger partial charge >= 0.3 is 0 Å². The zero-order chi connectivity index (χ0) is 21.8. The molecule has 0 aliphatic heterocycles. The second kappa shape index (κ2) is 6.93. The van der Waals surface area contributed by atoms with Gasteiger partial charge in [-0.1, -0.05) is 6.92 Å². The molecule has 1 fully saturated rings. The summed E-state index contributed by atoms with van der Waals surface area (Å²) in [7, 11) is 5.18. The van der Waals surface area contributed by atoms with Gasteiger partial charge in [0, 0.05) is 38.1 Å². The Hall–Kier alpha value is -3.69. The molecule has 10 heteroatoms. The molecule has 0 aromatic carbocycles. The summed E-state index contributed by atoms with van der Waals surface area (Å²) in [5, 5.41) is 8.29. The van der Waals surface area contributed by atoms with Crippen LogP contribution in [-0.4, -0.2) is 67.6 Å². The van der Waals surface area contributed by atoms with Crippen molar-refractivity contribution in [2.45, 2.75) is 25.8 Å². The van der Waals surface area contributed by atoms with Gasteiger partial charge in [-0.15, -0.1) is 0 Å². The van der Waals surface area contributed by atoms with E-state index in [2.05, 4.69) is 30.4 Å². The lowest BCUT2D eigenvalue weighted by Gasteiger charge is -2.45. The molecule has 0 atom stereocenters. The number of aromatic amines is 1. The van der Waals surface area contributed by atoms with Crippen LogP contribution in [0.4, 0.5) is 5.95 Å². The van der Waals surface area contributed by atoms with Crippen molar-refractivity contribution in [1.29, 1.82) is 0 Å². The van der Waals surface area contributed by atoms with E-state index in [1.54, 1.807) is 30.6 Å². The Bertz CT molecular complexity index is 1290. The van der Waals surface area contributed by atoms with Gasteiger partial charge in [-0.25, -0.2) is 9.50 Å². The van der Waals surface area contributed by atoms with Gasteiger partial charge < -0.3 is 19.9 Å². The smallest absolute Gasteiger partial charge is 0.228 e. The van der Waals surface area contributed by atoms with Gasteiger partial charge in [-0.05, 0) is 30.5 Å². The number of rotatable bonds is 5. The van der Waals surface area contributed by atoms with E-state index in [0.29, 0.717) is 17.5 Å². The number of carbonyl (C=O) groups excluding carboxylic acids is 1. The molecule has 0 unspecified atom stereocenters. The first-order valence-corrected chi connectivity index (χ1v) is 10.1. The summed E-state index contributed by atoms with van der Waals surface area (Å²) in [5.74, 6) is 1.12. The Kier molecular flexibility index (Phi) is 4.31. The van der Waals surface area contributed by atoms with Crippen LogP contribution in [-0.2, 0) is 4.79 Å². The first kappa shape index (κ1) is 19.3. The Balaban J connectivity index is 1.43. The summed E-state index contributed by atoms with van der Waals surface area (Å²) in [4.78, 5) is 30.7. The molecule has 4 aromatic rings. The number of carbonyl (C=O) groups is 1. The molecule has 10 nitrogen and oxygen atoms in total. The molecule has 31 heavy (non-hydrogen) atoms. The van der Waals surface area contributed by atoms with Gasteiger partial charge in [0.1, 0.15) is 12.0 Å². The average Bonchev–Trinajstić information content (AvgIpc) is 3.37. The molecule has 160 valence electrons. The molecule has 1 aliphatic carbocycles. The molecule has 0 bridgehead atoms. The topological polar surface area (TPSA) is 113 Å². The van der Waals surface area contributed by atoms with Gasteiger partial charge in [0.15, 0.2) is 5.65 Å². The third kappa shape index (κ3) is 3.15. The minimum absolute atomic E-state index is 0.140. The standard InChI is InChI=1S/C21H24N8O2/c1-21(19(30)28(2)3)8-13(9-21)25-20-26-17-16(18(27-20)31-4)14(10-22-17)12-5-6-29-15(7-12)23-11-24-29/h5-7,10-11,13H,8-9H2,1-4H3,(H2,22,25,26,27). The number of fused-ring (bicyclic) bond motifs is 2. The maximum atomic E-state index is 12.4. The van der Waals surface area contributed by atoms with Gasteiger partial charge in [0.25, 0.3) is 0 Å². The van der Waals surface area contributed by atoms with Crippen molar-refractivity contribution in [1.82, 2.24) is 34.4 Å². The summed E-state index contributed by atoms with van der Waals surface area (Å²) in [6, 6.07) is 4.06. The van der Waals surface area contributed by atoms with Crippen molar-refractivity contribution in [2.24, 2.45) is 5.41 Å². The fourth-order valence-electron chi connectivity index (χ4n) is 4.45. The second-order valence-electron chi connectivity index (χ2n) is 8.47. The van der Waals surface area contributed by atoms with E-state index in [9.17, 15) is 4.79 Å². The Labute approximate surface area is 178 Å². The van der Waals surface area contributed by atoms with E-state index < -0.39 is 0 Å². The summed E-state index contributed by atoms with van der Waals surface area (Å²) in [6.45, 7) is 2.00. The van der Waals surface area contributed by atoms with Gasteiger partial charge in [0.05, 0.1) is 17.9 Å². The minimum Gasteiger partial charge on any atom is -0.480 e. The molecule has 0 spiro atoms. The number of amides is 1. The number of H-pyrrole nitrogens is 1. The number of hydrogen-bond acceptors (Lipinski definition) is 7. The SMILES string of the molecule is COc1nc(NC2CC(C)(C(=O)N(C)C)C2)nc2[nH]cc(-c3ccn4ncnc4c3)c12. The molecular formula is C21H24N8O2. The van der Waals surface area contributed by atoms with Crippen LogP contribution in [0.5, 0.6) is 5.88 Å². The summed E-state index contributed by atoms with van der Waals surface area (Å²) < 4.78 is 7.31. The second-order valence-corrected chi connectivity index (χ2v) is 8.47. The van der Waals surface area contributed by atoms with Gasteiger partial charge in [0.2, 0.25) is 17.7 Å². The van der Waals surface area contributed by atoms with Crippen molar-refractivity contribution >= 4 is 28.5 Å². The third-order valence-electron chi connectivity index (χ3n) is 5.93. The van der Waals surface area contributed by atoms with Crippen molar-refractivity contribution in [2.75, 3.05) is 26.5 Å². The largest absolute Gasteiger partial charge is 0.480 e. The highest BCUT2D eigenvalue weighted by Gasteiger charge is 2.47. The highest BCUT2D eigenvalue weighted by molar-refractivity contribution is 5.98. The Morgan fingerprint density at radius 1 is 1.35 bits per heavy atom. The molecule has 5 rings (SSSR count). The highest BCUT2D eigenvalue weighted by Crippen LogP contribution is 2.43. The minimum atomic E-state index is -0.338. The van der Waals surface area contributed by atoms with Crippen molar-refractivity contribution in [3.63, 3.8) is 0 Å². The molecule has 0 saturated heterocycles. The third-order valence-corrected chi connectivity index (χ3v) is 5.93. The number of anilines is 1. The highest BCUT2D eigenvalue weighted by atomic mass is 16.5. The molecule has 0 radical (unpaired) electrons. The maximum Gasteiger partial charge on any atom is 0.228 e. The lowest BCUT2D eigenvalue weighted by molar-refractivity contribution is -0.143. The Morgan fingerprint density at radius 2 is 2.16 bits per heavy atom. The molecular weight excluding hydrogens is 396 g/mol. The van der Waals surface area contributed by atoms with E-state index in [-0.39, 0.29) is 17.4 Å². The Morgan fingerprint density at radius 3 is 2.90 bits per heavy atom. The van der Waals surface area contributed by atoms with E-state index in [1.165, 1.54) is 6.33 Å². The lowest BCUT2D eigenvalue weighted by Crippen LogP contribution is -2.52. The van der Waals surface area contributed by atoms with Crippen LogP contribution in [0, 0.1) is 5.41 Å². The first-order chi connectivity index (χ1) is 14.9. The van der Waals surface area contributed by atoms with Crippen LogP contribution >= 0.6 is 0 Å². The van der Waals surface area contributed by atoms with Crippen molar-refractivity contribution in [3.8, 4) is 17.0 Å². The number of pyridine rings is 1. The fourth-order valence-corrected chi connectivity index (χ4v) is 4.45. The zero-order valence-electron chi connectivity index (χ0n) is 17.9. The molecule has 4 heterocycles. The van der Waals surface area contributed by atoms with Crippen LogP contribution < -0.4 is 10.1 Å². The molecule has 1 aliphatic rings. The van der Waals surface area contributed by atoms with E-state index >= 15 is 0 Å².